The van der Waals surface area contributed by atoms with E-state index in [2.05, 4.69) is 204 Å². The Labute approximate surface area is 396 Å². The third-order valence-electron chi connectivity index (χ3n) is 13.7. The van der Waals surface area contributed by atoms with Gasteiger partial charge in [0.05, 0.1) is 11.0 Å². The highest BCUT2D eigenvalue weighted by Gasteiger charge is 2.25. The molecule has 3 aromatic heterocycles. The van der Waals surface area contributed by atoms with Gasteiger partial charge in [0.25, 0.3) is 0 Å². The lowest BCUT2D eigenvalue weighted by molar-refractivity contribution is 0.667. The Bertz CT molecular complexity index is 4220. The average Bonchev–Trinajstić information content (AvgIpc) is 4.10. The zero-order valence-corrected chi connectivity index (χ0v) is 37.2. The van der Waals surface area contributed by atoms with E-state index in [4.69, 9.17) is 18.8 Å². The third kappa shape index (κ3) is 6.49. The lowest BCUT2D eigenvalue weighted by atomic mass is 9.92. The Morgan fingerprint density at radius 2 is 0.957 bits per heavy atom. The van der Waals surface area contributed by atoms with E-state index in [1.54, 1.807) is 0 Å². The standard InChI is InChI=1S/C63H40N4O2/c1-3-14-40(15-4-1)61-64-62(41-28-26-39(27-29-41)42-30-33-50-49-21-10-12-24-56(49)69-59(50)38-42)66-63(65-61)51-22-13-25-58-60(51)53-37-44(32-35-57(53)68-58)47-19-8-7-18-46(47)43-31-34-55-52(36-43)48-20-9-11-23-54(48)67(55)45-16-5-2-6-17-45/h1-38,61H,(H,64,65,66). The van der Waals surface area contributed by atoms with Gasteiger partial charge >= 0.3 is 0 Å². The van der Waals surface area contributed by atoms with E-state index in [-0.39, 0.29) is 6.17 Å². The fourth-order valence-corrected chi connectivity index (χ4v) is 10.4. The lowest BCUT2D eigenvalue weighted by Crippen LogP contribution is -2.33. The first-order chi connectivity index (χ1) is 34.2. The number of benzene rings is 10. The lowest BCUT2D eigenvalue weighted by Gasteiger charge is -2.24. The summed E-state index contributed by atoms with van der Waals surface area (Å²) in [5, 5.41) is 10.4. The fraction of sp³-hybridized carbons (Fsp3) is 0.0159. The molecule has 0 saturated heterocycles. The first kappa shape index (κ1) is 39.0. The minimum Gasteiger partial charge on any atom is -0.456 e. The van der Waals surface area contributed by atoms with E-state index in [1.807, 2.05) is 36.4 Å². The number of rotatable bonds is 7. The van der Waals surface area contributed by atoms with Crippen LogP contribution in [0.1, 0.15) is 22.9 Å². The first-order valence-corrected chi connectivity index (χ1v) is 23.3. The second-order valence-corrected chi connectivity index (χ2v) is 17.7. The van der Waals surface area contributed by atoms with Gasteiger partial charge in [-0.15, -0.1) is 0 Å². The molecule has 6 heteroatoms. The van der Waals surface area contributed by atoms with E-state index in [9.17, 15) is 0 Å². The van der Waals surface area contributed by atoms with Gasteiger partial charge in [0.1, 0.15) is 34.3 Å². The van der Waals surface area contributed by atoms with Crippen LogP contribution in [0.4, 0.5) is 0 Å². The van der Waals surface area contributed by atoms with E-state index in [0.29, 0.717) is 5.84 Å². The highest BCUT2D eigenvalue weighted by atomic mass is 16.3. The maximum absolute atomic E-state index is 6.62. The summed E-state index contributed by atoms with van der Waals surface area (Å²) in [5.41, 5.74) is 16.5. The maximum atomic E-state index is 6.62. The number of aromatic nitrogens is 1. The van der Waals surface area contributed by atoms with Crippen LogP contribution in [0.3, 0.4) is 0 Å². The second kappa shape index (κ2) is 15.7. The molecule has 324 valence electrons. The third-order valence-corrected chi connectivity index (χ3v) is 13.7. The van der Waals surface area contributed by atoms with Gasteiger partial charge in [0.15, 0.2) is 5.84 Å². The van der Waals surface area contributed by atoms with Gasteiger partial charge in [0, 0.05) is 49.1 Å². The van der Waals surface area contributed by atoms with Gasteiger partial charge in [-0.2, -0.15) is 0 Å². The minimum atomic E-state index is -0.362. The number of para-hydroxylation sites is 3. The monoisotopic (exact) mass is 884 g/mol. The highest BCUT2D eigenvalue weighted by molar-refractivity contribution is 6.22. The van der Waals surface area contributed by atoms with Crippen molar-refractivity contribution in [2.75, 3.05) is 0 Å². The van der Waals surface area contributed by atoms with Crippen molar-refractivity contribution in [2.24, 2.45) is 9.98 Å². The second-order valence-electron chi connectivity index (χ2n) is 17.7. The number of nitrogens with zero attached hydrogens (tertiary/aromatic N) is 3. The molecular weight excluding hydrogens is 845 g/mol. The number of furan rings is 2. The molecule has 1 N–H and O–H groups in total. The van der Waals surface area contributed by atoms with Crippen LogP contribution in [-0.2, 0) is 0 Å². The van der Waals surface area contributed by atoms with Crippen molar-refractivity contribution in [3.05, 3.63) is 247 Å². The van der Waals surface area contributed by atoms with Crippen LogP contribution in [0.15, 0.2) is 249 Å². The molecule has 10 aromatic carbocycles. The van der Waals surface area contributed by atoms with E-state index >= 15 is 0 Å². The molecule has 1 aliphatic heterocycles. The molecule has 6 nitrogen and oxygen atoms in total. The molecule has 4 heterocycles. The molecule has 0 saturated carbocycles. The Morgan fingerprint density at radius 1 is 0.377 bits per heavy atom. The van der Waals surface area contributed by atoms with Crippen LogP contribution in [-0.4, -0.2) is 16.2 Å². The van der Waals surface area contributed by atoms with Gasteiger partial charge in [-0.25, -0.2) is 9.98 Å². The summed E-state index contributed by atoms with van der Waals surface area (Å²) in [6.45, 7) is 0. The number of nitrogens with one attached hydrogen (secondary N) is 1. The van der Waals surface area contributed by atoms with Crippen molar-refractivity contribution in [1.29, 1.82) is 0 Å². The predicted octanol–water partition coefficient (Wildman–Crippen LogP) is 16.1. The SMILES string of the molecule is c1ccc(C2N=C(c3ccc(-c4ccc5c(c4)oc4ccccc45)cc3)N=C(c3cccc4oc5ccc(-c6ccccc6-c6ccc7c(c6)c6ccccc6n7-c6ccccc6)cc5c34)N2)cc1. The Hall–Kier alpha value is -9.26. The van der Waals surface area contributed by atoms with Gasteiger partial charge in [0.2, 0.25) is 0 Å². The summed E-state index contributed by atoms with van der Waals surface area (Å²) >= 11 is 0. The number of aliphatic imine (C=N–C) groups is 2. The van der Waals surface area contributed by atoms with Crippen LogP contribution in [0, 0.1) is 0 Å². The molecule has 0 spiro atoms. The molecule has 0 bridgehead atoms. The van der Waals surface area contributed by atoms with Crippen molar-refractivity contribution in [3.8, 4) is 39.1 Å². The summed E-state index contributed by atoms with van der Waals surface area (Å²) < 4.78 is 15.2. The average molecular weight is 885 g/mol. The smallest absolute Gasteiger partial charge is 0.159 e. The van der Waals surface area contributed by atoms with Crippen molar-refractivity contribution >= 4 is 77.4 Å². The Morgan fingerprint density at radius 3 is 1.78 bits per heavy atom. The van der Waals surface area contributed by atoms with Crippen molar-refractivity contribution < 1.29 is 8.83 Å². The fourth-order valence-electron chi connectivity index (χ4n) is 10.4. The van der Waals surface area contributed by atoms with E-state index < -0.39 is 0 Å². The zero-order chi connectivity index (χ0) is 45.4. The number of hydrogen-bond donors (Lipinski definition) is 1. The highest BCUT2D eigenvalue weighted by Crippen LogP contribution is 2.41. The Kier molecular flexibility index (Phi) is 8.86. The van der Waals surface area contributed by atoms with Crippen LogP contribution in [0.5, 0.6) is 0 Å². The van der Waals surface area contributed by atoms with Crippen molar-refractivity contribution in [1.82, 2.24) is 9.88 Å². The topological polar surface area (TPSA) is 68.0 Å². The van der Waals surface area contributed by atoms with Gasteiger partial charge < -0.3 is 18.7 Å². The Balaban J connectivity index is 0.859. The molecule has 13 aromatic rings. The molecule has 1 aliphatic rings. The number of hydrogen-bond acceptors (Lipinski definition) is 5. The molecule has 14 rings (SSSR count). The molecule has 1 atom stereocenters. The molecule has 69 heavy (non-hydrogen) atoms. The molecule has 0 aliphatic carbocycles. The molecule has 0 fully saturated rings. The van der Waals surface area contributed by atoms with Gasteiger partial charge in [-0.05, 0) is 106 Å². The minimum absolute atomic E-state index is 0.362. The van der Waals surface area contributed by atoms with E-state index in [0.717, 1.165) is 105 Å². The summed E-state index contributed by atoms with van der Waals surface area (Å²) in [7, 11) is 0. The molecule has 1 unspecified atom stereocenters. The van der Waals surface area contributed by atoms with Crippen molar-refractivity contribution in [3.63, 3.8) is 0 Å². The van der Waals surface area contributed by atoms with Crippen molar-refractivity contribution in [2.45, 2.75) is 6.17 Å². The normalized spacial score (nSPS) is 13.9. The van der Waals surface area contributed by atoms with Crippen LogP contribution < -0.4 is 5.32 Å². The zero-order valence-electron chi connectivity index (χ0n) is 37.2. The predicted molar refractivity (Wildman–Crippen MR) is 283 cm³/mol. The first-order valence-electron chi connectivity index (χ1n) is 23.3. The quantitative estimate of drug-likeness (QED) is 0.173. The van der Waals surface area contributed by atoms with Crippen LogP contribution in [0.2, 0.25) is 0 Å². The number of fused-ring (bicyclic) bond motifs is 9. The van der Waals surface area contributed by atoms with Gasteiger partial charge in [-0.1, -0.05) is 164 Å². The van der Waals surface area contributed by atoms with Gasteiger partial charge in [-0.3, -0.25) is 0 Å². The molecule has 0 amide bonds. The molecule has 0 radical (unpaired) electrons. The largest absolute Gasteiger partial charge is 0.456 e. The van der Waals surface area contributed by atoms with E-state index in [1.165, 1.54) is 21.8 Å². The summed E-state index contributed by atoms with van der Waals surface area (Å²) in [6.07, 6.45) is -0.362. The maximum Gasteiger partial charge on any atom is 0.159 e. The summed E-state index contributed by atoms with van der Waals surface area (Å²) in [4.78, 5) is 10.5. The summed E-state index contributed by atoms with van der Waals surface area (Å²) in [5.74, 6) is 1.38. The number of amidine groups is 2. The summed E-state index contributed by atoms with van der Waals surface area (Å²) in [6, 6.07) is 81.1. The van der Waals surface area contributed by atoms with Crippen LogP contribution in [0.25, 0.3) is 105 Å². The van der Waals surface area contributed by atoms with Crippen LogP contribution >= 0.6 is 0 Å². The molecular formula is C63H40N4O2.